The summed E-state index contributed by atoms with van der Waals surface area (Å²) in [5, 5.41) is 8.24. The van der Waals surface area contributed by atoms with E-state index in [1.165, 1.54) is 6.08 Å². The summed E-state index contributed by atoms with van der Waals surface area (Å²) in [5.41, 5.74) is 0.910. The van der Waals surface area contributed by atoms with Crippen molar-refractivity contribution >= 4 is 0 Å². The van der Waals surface area contributed by atoms with Gasteiger partial charge in [0.25, 0.3) is 0 Å². The minimum atomic E-state index is 0.372. The fourth-order valence-electron chi connectivity index (χ4n) is 0.287. The molecule has 0 aromatic carbocycles. The van der Waals surface area contributed by atoms with Crippen molar-refractivity contribution in [3.8, 4) is 18.4 Å². The van der Waals surface area contributed by atoms with Gasteiger partial charge in [-0.3, -0.25) is 0 Å². The van der Waals surface area contributed by atoms with Crippen molar-refractivity contribution in [3.63, 3.8) is 0 Å². The molecule has 0 aliphatic rings. The van der Waals surface area contributed by atoms with E-state index in [0.29, 0.717) is 11.1 Å². The molecule has 0 atom stereocenters. The van der Waals surface area contributed by atoms with Gasteiger partial charge in [0, 0.05) is 11.1 Å². The highest BCUT2D eigenvalue weighted by molar-refractivity contribution is 5.39. The number of nitriles is 1. The second-order valence-electron chi connectivity index (χ2n) is 1.64. The van der Waals surface area contributed by atoms with Crippen LogP contribution in [0.4, 0.5) is 0 Å². The van der Waals surface area contributed by atoms with Crippen LogP contribution in [0.3, 0.4) is 0 Å². The van der Waals surface area contributed by atoms with Crippen molar-refractivity contribution in [2.24, 2.45) is 0 Å². The predicted molar refractivity (Wildman–Crippen MR) is 41.9 cm³/mol. The Balaban J connectivity index is 4.07. The number of allylic oxidation sites excluding steroid dienone is 4. The molecule has 0 bridgehead atoms. The lowest BCUT2D eigenvalue weighted by Gasteiger charge is -1.82. The molecule has 0 unspecified atom stereocenters. The topological polar surface area (TPSA) is 23.8 Å². The van der Waals surface area contributed by atoms with Crippen LogP contribution >= 0.6 is 0 Å². The van der Waals surface area contributed by atoms with Crippen LogP contribution in [0.5, 0.6) is 0 Å². The van der Waals surface area contributed by atoms with E-state index in [4.69, 9.17) is 11.7 Å². The van der Waals surface area contributed by atoms with Crippen molar-refractivity contribution in [2.45, 2.75) is 0 Å². The predicted octanol–water partition coefficient (Wildman–Crippen LogP) is 1.81. The maximum Gasteiger partial charge on any atom is 0.0985 e. The summed E-state index contributed by atoms with van der Waals surface area (Å²) in [7, 11) is 0. The third kappa shape index (κ3) is 3.29. The van der Waals surface area contributed by atoms with Crippen molar-refractivity contribution in [1.82, 2.24) is 0 Å². The highest BCUT2D eigenvalue weighted by Gasteiger charge is 1.81. The molecule has 0 radical (unpaired) electrons. The number of rotatable bonds is 2. The molecule has 0 aromatic rings. The minimum Gasteiger partial charge on any atom is -0.192 e. The van der Waals surface area contributed by atoms with Gasteiger partial charge < -0.3 is 0 Å². The molecule has 0 saturated heterocycles. The van der Waals surface area contributed by atoms with Crippen molar-refractivity contribution in [3.05, 3.63) is 36.5 Å². The summed E-state index contributed by atoms with van der Waals surface area (Å²) >= 11 is 0. The van der Waals surface area contributed by atoms with E-state index in [1.807, 2.05) is 6.07 Å². The van der Waals surface area contributed by atoms with Crippen LogP contribution in [-0.2, 0) is 0 Å². The summed E-state index contributed by atoms with van der Waals surface area (Å²) in [6, 6.07) is 1.85. The molecule has 0 aliphatic carbocycles. The van der Waals surface area contributed by atoms with E-state index < -0.39 is 0 Å². The van der Waals surface area contributed by atoms with Crippen molar-refractivity contribution < 1.29 is 0 Å². The van der Waals surface area contributed by atoms with Crippen LogP contribution in [0.25, 0.3) is 0 Å². The molecule has 1 heteroatoms. The van der Waals surface area contributed by atoms with E-state index in [2.05, 4.69) is 19.1 Å². The molecule has 0 N–H and O–H groups in total. The average molecular weight is 129 g/mol. The Kier molecular flexibility index (Phi) is 3.46. The summed E-state index contributed by atoms with van der Waals surface area (Å²) in [6.07, 6.45) is 8.09. The standard InChI is InChI=1S/C9H7N/c1-4-8(2)5-6-9(3)7-10/h1,5-6H,2-3H2/b6-5-. The van der Waals surface area contributed by atoms with Crippen molar-refractivity contribution in [2.75, 3.05) is 0 Å². The molecule has 0 spiro atoms. The quantitative estimate of drug-likeness (QED) is 0.317. The molecule has 0 heterocycles. The number of hydrogen-bond acceptors (Lipinski definition) is 1. The number of terminal acetylenes is 1. The molecule has 0 saturated carbocycles. The average Bonchev–Trinajstić information content (AvgIpc) is 1.99. The Morgan fingerprint density at radius 1 is 1.30 bits per heavy atom. The molecule has 48 valence electrons. The van der Waals surface area contributed by atoms with Gasteiger partial charge in [0.05, 0.1) is 6.07 Å². The second-order valence-corrected chi connectivity index (χ2v) is 1.64. The lowest BCUT2D eigenvalue weighted by atomic mass is 10.2. The summed E-state index contributed by atoms with van der Waals surface area (Å²) in [5.74, 6) is 2.31. The number of nitrogens with zero attached hydrogens (tertiary/aromatic N) is 1. The first-order valence-corrected chi connectivity index (χ1v) is 2.63. The summed E-state index contributed by atoms with van der Waals surface area (Å²) < 4.78 is 0. The number of hydrogen-bond donors (Lipinski definition) is 0. The zero-order valence-electron chi connectivity index (χ0n) is 5.59. The van der Waals surface area contributed by atoms with Gasteiger partial charge in [0.15, 0.2) is 0 Å². The second kappa shape index (κ2) is 4.18. The fraction of sp³-hybridized carbons (Fsp3) is 0. The third-order valence-electron chi connectivity index (χ3n) is 0.815. The lowest BCUT2D eigenvalue weighted by molar-refractivity contribution is 1.50. The van der Waals surface area contributed by atoms with Crippen LogP contribution in [0.1, 0.15) is 0 Å². The zero-order chi connectivity index (χ0) is 7.98. The van der Waals surface area contributed by atoms with Crippen molar-refractivity contribution in [1.29, 1.82) is 5.26 Å². The van der Waals surface area contributed by atoms with Gasteiger partial charge in [-0.1, -0.05) is 19.1 Å². The van der Waals surface area contributed by atoms with Gasteiger partial charge in [-0.2, -0.15) is 5.26 Å². The SMILES string of the molecule is C#CC(=C)/C=C\C(=C)C#N. The molecular formula is C9H7N. The van der Waals surface area contributed by atoms with E-state index in [0.717, 1.165) is 0 Å². The van der Waals surface area contributed by atoms with Gasteiger partial charge in [0.2, 0.25) is 0 Å². The molecule has 10 heavy (non-hydrogen) atoms. The summed E-state index contributed by atoms with van der Waals surface area (Å²) in [4.78, 5) is 0. The molecule has 0 rings (SSSR count). The zero-order valence-corrected chi connectivity index (χ0v) is 5.59. The van der Waals surface area contributed by atoms with E-state index >= 15 is 0 Å². The van der Waals surface area contributed by atoms with Crippen LogP contribution in [0.15, 0.2) is 36.5 Å². The first-order chi connectivity index (χ1) is 4.70. The van der Waals surface area contributed by atoms with Gasteiger partial charge in [-0.25, -0.2) is 0 Å². The first-order valence-electron chi connectivity index (χ1n) is 2.63. The van der Waals surface area contributed by atoms with E-state index in [-0.39, 0.29) is 0 Å². The molecule has 1 nitrogen and oxygen atoms in total. The highest BCUT2D eigenvalue weighted by Crippen LogP contribution is 1.94. The minimum absolute atomic E-state index is 0.372. The molecule has 0 fully saturated rings. The molecular weight excluding hydrogens is 122 g/mol. The first kappa shape index (κ1) is 8.27. The van der Waals surface area contributed by atoms with Crippen LogP contribution in [-0.4, -0.2) is 0 Å². The van der Waals surface area contributed by atoms with Gasteiger partial charge in [-0.05, 0) is 12.2 Å². The fourth-order valence-corrected chi connectivity index (χ4v) is 0.287. The highest BCUT2D eigenvalue weighted by atomic mass is 14.2. The summed E-state index contributed by atoms with van der Waals surface area (Å²) in [6.45, 7) is 6.93. The maximum absolute atomic E-state index is 8.24. The monoisotopic (exact) mass is 129 g/mol. The largest absolute Gasteiger partial charge is 0.192 e. The maximum atomic E-state index is 8.24. The van der Waals surface area contributed by atoms with E-state index in [1.54, 1.807) is 6.08 Å². The Bertz CT molecular complexity index is 227. The normalized spacial score (nSPS) is 8.20. The van der Waals surface area contributed by atoms with Crippen LogP contribution in [0.2, 0.25) is 0 Å². The van der Waals surface area contributed by atoms with Crippen LogP contribution in [0, 0.1) is 23.7 Å². The Morgan fingerprint density at radius 2 is 1.80 bits per heavy atom. The molecule has 0 aromatic heterocycles. The smallest absolute Gasteiger partial charge is 0.0985 e. The van der Waals surface area contributed by atoms with Crippen LogP contribution < -0.4 is 0 Å². The Morgan fingerprint density at radius 3 is 2.20 bits per heavy atom. The van der Waals surface area contributed by atoms with E-state index in [9.17, 15) is 0 Å². The van der Waals surface area contributed by atoms with Gasteiger partial charge in [0.1, 0.15) is 0 Å². The lowest BCUT2D eigenvalue weighted by Crippen LogP contribution is -1.68. The third-order valence-corrected chi connectivity index (χ3v) is 0.815. The Labute approximate surface area is 61.0 Å². The molecule has 0 aliphatic heterocycles. The van der Waals surface area contributed by atoms with Gasteiger partial charge in [-0.15, -0.1) is 6.42 Å². The van der Waals surface area contributed by atoms with Gasteiger partial charge >= 0.3 is 0 Å². The molecule has 0 amide bonds. The Hall–Kier alpha value is -1.73.